The molecule has 2 aromatic carbocycles. The van der Waals surface area contributed by atoms with Crippen LogP contribution in [0.1, 0.15) is 72.2 Å². The van der Waals surface area contributed by atoms with Gasteiger partial charge in [-0.3, -0.25) is 4.79 Å². The number of aliphatic hydroxyl groups excluding tert-OH is 1. The van der Waals surface area contributed by atoms with Gasteiger partial charge >= 0.3 is 5.97 Å². The van der Waals surface area contributed by atoms with Crippen molar-refractivity contribution in [2.45, 2.75) is 63.3 Å². The number of halogens is 1. The number of esters is 1. The number of aromatic nitrogens is 3. The fourth-order valence-corrected chi connectivity index (χ4v) is 5.52. The van der Waals surface area contributed by atoms with Gasteiger partial charge in [0.2, 0.25) is 5.91 Å². The van der Waals surface area contributed by atoms with Crippen molar-refractivity contribution in [2.24, 2.45) is 5.92 Å². The van der Waals surface area contributed by atoms with Crippen LogP contribution < -0.4 is 0 Å². The van der Waals surface area contributed by atoms with E-state index >= 15 is 0 Å². The molecule has 2 heterocycles. The van der Waals surface area contributed by atoms with Crippen molar-refractivity contribution in [1.29, 1.82) is 0 Å². The van der Waals surface area contributed by atoms with Crippen LogP contribution in [0, 0.1) is 5.92 Å². The largest absolute Gasteiger partial charge is 0.455 e. The Kier molecular flexibility index (Phi) is 7.86. The van der Waals surface area contributed by atoms with E-state index in [9.17, 15) is 14.7 Å². The van der Waals surface area contributed by atoms with Crippen LogP contribution in [0.2, 0.25) is 5.02 Å². The maximum atomic E-state index is 13.7. The van der Waals surface area contributed by atoms with Crippen molar-refractivity contribution in [3.8, 4) is 0 Å². The molecule has 2 fully saturated rings. The highest BCUT2D eigenvalue weighted by molar-refractivity contribution is 6.30. The second-order valence-electron chi connectivity index (χ2n) is 9.90. The normalized spacial score (nSPS) is 22.5. The number of nitrogens with zero attached hydrogens (tertiary/aromatic N) is 4. The second-order valence-corrected chi connectivity index (χ2v) is 10.3. The minimum atomic E-state index is -0.738. The van der Waals surface area contributed by atoms with E-state index in [-0.39, 0.29) is 24.5 Å². The standard InChI is InChI=1S/C28H31ClN4O4/c29-22-13-11-19(12-14-22)24-15-26(34)25(17-32(24)27(35)20-7-3-1-4-8-20)33-16-23(30-31-33)18-37-28(36)21-9-5-2-6-10-21/h2,5-6,9-14,16,20,24-26,34H,1,3-4,7-8,15,17-18H2/t24-,25+,26+/m1/s1. The second kappa shape index (κ2) is 11.4. The van der Waals surface area contributed by atoms with Crippen molar-refractivity contribution in [3.05, 3.63) is 82.6 Å². The fraction of sp³-hybridized carbons (Fsp3) is 0.429. The molecule has 1 aliphatic carbocycles. The summed E-state index contributed by atoms with van der Waals surface area (Å²) in [5.41, 5.74) is 1.89. The summed E-state index contributed by atoms with van der Waals surface area (Å²) in [6.45, 7) is 0.283. The highest BCUT2D eigenvalue weighted by Gasteiger charge is 2.41. The summed E-state index contributed by atoms with van der Waals surface area (Å²) in [6.07, 6.45) is 6.42. The zero-order valence-corrected chi connectivity index (χ0v) is 21.3. The zero-order valence-electron chi connectivity index (χ0n) is 20.6. The number of amides is 1. The average Bonchev–Trinajstić information content (AvgIpc) is 3.41. The van der Waals surface area contributed by atoms with Gasteiger partial charge in [0, 0.05) is 23.9 Å². The molecule has 2 aliphatic rings. The lowest BCUT2D eigenvalue weighted by molar-refractivity contribution is -0.144. The smallest absolute Gasteiger partial charge is 0.338 e. The molecule has 9 heteroatoms. The van der Waals surface area contributed by atoms with Crippen LogP contribution in [0.25, 0.3) is 0 Å². The monoisotopic (exact) mass is 522 g/mol. The molecule has 1 aliphatic heterocycles. The van der Waals surface area contributed by atoms with Crippen LogP contribution in [-0.2, 0) is 16.1 Å². The first-order valence-corrected chi connectivity index (χ1v) is 13.2. The molecule has 3 aromatic rings. The van der Waals surface area contributed by atoms with E-state index in [1.807, 2.05) is 35.2 Å². The van der Waals surface area contributed by atoms with Crippen molar-refractivity contribution < 1.29 is 19.4 Å². The molecule has 5 rings (SSSR count). The summed E-state index contributed by atoms with van der Waals surface area (Å²) < 4.78 is 6.97. The van der Waals surface area contributed by atoms with Gasteiger partial charge in [-0.25, -0.2) is 9.48 Å². The first kappa shape index (κ1) is 25.4. The van der Waals surface area contributed by atoms with Crippen LogP contribution in [0.5, 0.6) is 0 Å². The SMILES string of the molecule is O=C(OCc1cn([C@H]2CN(C(=O)C3CCCCC3)[C@@H](c3ccc(Cl)cc3)C[C@@H]2O)nn1)c1ccccc1. The van der Waals surface area contributed by atoms with E-state index in [0.29, 0.717) is 29.2 Å². The number of ether oxygens (including phenoxy) is 1. The predicted molar refractivity (Wildman–Crippen MR) is 138 cm³/mol. The summed E-state index contributed by atoms with van der Waals surface area (Å²) in [7, 11) is 0. The molecule has 37 heavy (non-hydrogen) atoms. The third-order valence-electron chi connectivity index (χ3n) is 7.42. The molecule has 0 unspecified atom stereocenters. The van der Waals surface area contributed by atoms with Crippen molar-refractivity contribution in [3.63, 3.8) is 0 Å². The third-order valence-corrected chi connectivity index (χ3v) is 7.67. The van der Waals surface area contributed by atoms with E-state index in [4.69, 9.17) is 16.3 Å². The molecule has 1 amide bonds. The van der Waals surface area contributed by atoms with Crippen LogP contribution in [0.4, 0.5) is 0 Å². The lowest BCUT2D eigenvalue weighted by Crippen LogP contribution is -2.50. The summed E-state index contributed by atoms with van der Waals surface area (Å²) in [5, 5.41) is 20.1. The van der Waals surface area contributed by atoms with Gasteiger partial charge in [0.05, 0.1) is 29.9 Å². The maximum absolute atomic E-state index is 13.7. The number of likely N-dealkylation sites (tertiary alicyclic amines) is 1. The Bertz CT molecular complexity index is 1210. The quantitative estimate of drug-likeness (QED) is 0.469. The Morgan fingerprint density at radius 3 is 2.49 bits per heavy atom. The van der Waals surface area contributed by atoms with Gasteiger partial charge in [-0.15, -0.1) is 5.10 Å². The molecule has 0 spiro atoms. The molecule has 0 bridgehead atoms. The number of aliphatic hydroxyl groups is 1. The number of benzene rings is 2. The maximum Gasteiger partial charge on any atom is 0.338 e. The van der Waals surface area contributed by atoms with Gasteiger partial charge in [-0.2, -0.15) is 0 Å². The van der Waals surface area contributed by atoms with E-state index in [0.717, 1.165) is 31.2 Å². The lowest BCUT2D eigenvalue weighted by Gasteiger charge is -2.44. The Morgan fingerprint density at radius 1 is 1.03 bits per heavy atom. The Morgan fingerprint density at radius 2 is 1.76 bits per heavy atom. The minimum Gasteiger partial charge on any atom is -0.455 e. The molecule has 1 saturated carbocycles. The highest BCUT2D eigenvalue weighted by atomic mass is 35.5. The van der Waals surface area contributed by atoms with Gasteiger partial charge in [-0.1, -0.05) is 66.4 Å². The average molecular weight is 523 g/mol. The molecule has 0 radical (unpaired) electrons. The molecule has 1 saturated heterocycles. The summed E-state index contributed by atoms with van der Waals surface area (Å²) >= 11 is 6.11. The number of carbonyl (C=O) groups is 2. The molecular formula is C28H31ClN4O4. The van der Waals surface area contributed by atoms with Crippen molar-refractivity contribution in [2.75, 3.05) is 6.54 Å². The van der Waals surface area contributed by atoms with E-state index < -0.39 is 18.1 Å². The molecule has 8 nitrogen and oxygen atoms in total. The van der Waals surface area contributed by atoms with E-state index in [1.165, 1.54) is 6.42 Å². The molecule has 1 N–H and O–H groups in total. The molecule has 3 atom stereocenters. The first-order chi connectivity index (χ1) is 18.0. The molecular weight excluding hydrogens is 492 g/mol. The van der Waals surface area contributed by atoms with Crippen molar-refractivity contribution >= 4 is 23.5 Å². The van der Waals surface area contributed by atoms with Crippen LogP contribution in [0.15, 0.2) is 60.8 Å². The highest BCUT2D eigenvalue weighted by Crippen LogP contribution is 2.38. The molecule has 194 valence electrons. The van der Waals surface area contributed by atoms with Gasteiger partial charge in [0.1, 0.15) is 12.3 Å². The summed E-state index contributed by atoms with van der Waals surface area (Å²) in [6, 6.07) is 15.5. The number of carbonyl (C=O) groups excluding carboxylic acids is 2. The number of piperidine rings is 1. The zero-order chi connectivity index (χ0) is 25.8. The summed E-state index contributed by atoms with van der Waals surface area (Å²) in [5.74, 6) is -0.306. The Hall–Kier alpha value is -3.23. The summed E-state index contributed by atoms with van der Waals surface area (Å²) in [4.78, 5) is 27.9. The van der Waals surface area contributed by atoms with Gasteiger partial charge < -0.3 is 14.7 Å². The number of hydrogen-bond donors (Lipinski definition) is 1. The van der Waals surface area contributed by atoms with Crippen LogP contribution in [-0.4, -0.2) is 49.5 Å². The van der Waals surface area contributed by atoms with Gasteiger partial charge in [0.25, 0.3) is 0 Å². The van der Waals surface area contributed by atoms with Gasteiger partial charge in [0.15, 0.2) is 0 Å². The Balaban J connectivity index is 1.32. The fourth-order valence-electron chi connectivity index (χ4n) is 5.39. The Labute approximate surface area is 221 Å². The van der Waals surface area contributed by atoms with Crippen molar-refractivity contribution in [1.82, 2.24) is 19.9 Å². The predicted octanol–water partition coefficient (Wildman–Crippen LogP) is 4.74. The minimum absolute atomic E-state index is 0.00292. The first-order valence-electron chi connectivity index (χ1n) is 12.9. The van der Waals surface area contributed by atoms with Gasteiger partial charge in [-0.05, 0) is 42.7 Å². The van der Waals surface area contributed by atoms with Crippen LogP contribution in [0.3, 0.4) is 0 Å². The topological polar surface area (TPSA) is 97.5 Å². The number of hydrogen-bond acceptors (Lipinski definition) is 6. The molecule has 1 aromatic heterocycles. The third kappa shape index (κ3) is 5.86. The van der Waals surface area contributed by atoms with E-state index in [1.54, 1.807) is 35.1 Å². The lowest BCUT2D eigenvalue weighted by atomic mass is 9.85. The number of rotatable bonds is 6. The van der Waals surface area contributed by atoms with Crippen LogP contribution >= 0.6 is 11.6 Å². The van der Waals surface area contributed by atoms with E-state index in [2.05, 4.69) is 10.3 Å².